The number of hydrogen-bond donors (Lipinski definition) is 1. The number of aromatic nitrogens is 1. The van der Waals surface area contributed by atoms with Gasteiger partial charge in [0.2, 0.25) is 5.43 Å². The first-order chi connectivity index (χ1) is 8.37. The van der Waals surface area contributed by atoms with Crippen molar-refractivity contribution in [2.45, 2.75) is 32.2 Å². The van der Waals surface area contributed by atoms with E-state index in [1.54, 1.807) is 4.57 Å². The van der Waals surface area contributed by atoms with E-state index >= 15 is 0 Å². The SMILES string of the molecule is COc1cn(C(C)(C)C2CC2)c(C(=O)O)cc1=O. The van der Waals surface area contributed by atoms with E-state index in [-0.39, 0.29) is 17.0 Å². The molecular formula is C13H17NO4. The molecule has 0 aliphatic heterocycles. The van der Waals surface area contributed by atoms with Crippen LogP contribution in [0.15, 0.2) is 17.1 Å². The average Bonchev–Trinajstić information content (AvgIpc) is 3.12. The third-order valence-corrected chi connectivity index (χ3v) is 3.65. The van der Waals surface area contributed by atoms with Gasteiger partial charge >= 0.3 is 5.97 Å². The number of aromatic carboxylic acids is 1. The fraction of sp³-hybridized carbons (Fsp3) is 0.538. The molecule has 1 aliphatic rings. The molecule has 0 radical (unpaired) electrons. The summed E-state index contributed by atoms with van der Waals surface area (Å²) in [5.41, 5.74) is -0.718. The summed E-state index contributed by atoms with van der Waals surface area (Å²) in [6.45, 7) is 3.97. The molecular weight excluding hydrogens is 234 g/mol. The maximum Gasteiger partial charge on any atom is 0.352 e. The monoisotopic (exact) mass is 251 g/mol. The van der Waals surface area contributed by atoms with Gasteiger partial charge in [-0.3, -0.25) is 4.79 Å². The van der Waals surface area contributed by atoms with Crippen LogP contribution >= 0.6 is 0 Å². The molecule has 0 spiro atoms. The third-order valence-electron chi connectivity index (χ3n) is 3.65. The van der Waals surface area contributed by atoms with Crippen LogP contribution in [0.4, 0.5) is 0 Å². The maximum atomic E-state index is 11.6. The molecule has 0 amide bonds. The molecule has 2 rings (SSSR count). The van der Waals surface area contributed by atoms with Crippen molar-refractivity contribution in [2.75, 3.05) is 7.11 Å². The second-order valence-corrected chi connectivity index (χ2v) is 5.19. The van der Waals surface area contributed by atoms with Crippen molar-refractivity contribution >= 4 is 5.97 Å². The molecule has 0 atom stereocenters. The number of pyridine rings is 1. The van der Waals surface area contributed by atoms with Gasteiger partial charge in [0.25, 0.3) is 0 Å². The standard InChI is InChI=1S/C13H17NO4/c1-13(2,8-4-5-8)14-7-11(18-3)10(15)6-9(14)12(16)17/h6-8H,4-5H2,1-3H3,(H,16,17). The van der Waals surface area contributed by atoms with Crippen LogP contribution in [0.5, 0.6) is 5.75 Å². The van der Waals surface area contributed by atoms with Crippen LogP contribution in [0.1, 0.15) is 37.2 Å². The van der Waals surface area contributed by atoms with Crippen LogP contribution in [-0.4, -0.2) is 22.8 Å². The highest BCUT2D eigenvalue weighted by atomic mass is 16.5. The van der Waals surface area contributed by atoms with Crippen molar-refractivity contribution < 1.29 is 14.6 Å². The van der Waals surface area contributed by atoms with Crippen LogP contribution < -0.4 is 10.2 Å². The normalized spacial score (nSPS) is 15.5. The van der Waals surface area contributed by atoms with Crippen LogP contribution in [0.25, 0.3) is 0 Å². The molecule has 1 saturated carbocycles. The molecule has 0 saturated heterocycles. The molecule has 0 unspecified atom stereocenters. The Kier molecular flexibility index (Phi) is 2.92. The van der Waals surface area contributed by atoms with Gasteiger partial charge in [0.15, 0.2) is 5.75 Å². The number of nitrogens with zero attached hydrogens (tertiary/aromatic N) is 1. The lowest BCUT2D eigenvalue weighted by Gasteiger charge is -2.30. The zero-order chi connectivity index (χ0) is 13.5. The summed E-state index contributed by atoms with van der Waals surface area (Å²) >= 11 is 0. The largest absolute Gasteiger partial charge is 0.491 e. The van der Waals surface area contributed by atoms with E-state index in [0.29, 0.717) is 5.92 Å². The number of carbonyl (C=O) groups is 1. The zero-order valence-corrected chi connectivity index (χ0v) is 10.8. The van der Waals surface area contributed by atoms with E-state index in [9.17, 15) is 14.7 Å². The minimum atomic E-state index is -1.09. The van der Waals surface area contributed by atoms with Gasteiger partial charge in [-0.1, -0.05) is 0 Å². The summed E-state index contributed by atoms with van der Waals surface area (Å²) in [6.07, 6.45) is 3.67. The molecule has 1 fully saturated rings. The summed E-state index contributed by atoms with van der Waals surface area (Å²) in [4.78, 5) is 22.9. The van der Waals surface area contributed by atoms with Crippen LogP contribution in [0.3, 0.4) is 0 Å². The van der Waals surface area contributed by atoms with E-state index in [4.69, 9.17) is 4.74 Å². The topological polar surface area (TPSA) is 68.5 Å². The van der Waals surface area contributed by atoms with Crippen molar-refractivity contribution in [3.63, 3.8) is 0 Å². The summed E-state index contributed by atoms with van der Waals surface area (Å²) in [5, 5.41) is 9.22. The van der Waals surface area contributed by atoms with Crippen molar-refractivity contribution in [2.24, 2.45) is 5.92 Å². The molecule has 0 aromatic carbocycles. The van der Waals surface area contributed by atoms with E-state index < -0.39 is 11.4 Å². The Labute approximate surface area is 105 Å². The molecule has 18 heavy (non-hydrogen) atoms. The molecule has 1 aliphatic carbocycles. The molecule has 0 bridgehead atoms. The summed E-state index contributed by atoms with van der Waals surface area (Å²) in [5.74, 6) is -0.472. The minimum Gasteiger partial charge on any atom is -0.491 e. The third kappa shape index (κ3) is 2.00. The molecule has 5 heteroatoms. The Balaban J connectivity index is 2.62. The average molecular weight is 251 g/mol. The maximum absolute atomic E-state index is 11.6. The summed E-state index contributed by atoms with van der Waals surface area (Å²) < 4.78 is 6.64. The van der Waals surface area contributed by atoms with Crippen LogP contribution in [0, 0.1) is 5.92 Å². The Morgan fingerprint density at radius 2 is 2.11 bits per heavy atom. The Hall–Kier alpha value is -1.78. The van der Waals surface area contributed by atoms with Crippen LogP contribution in [0.2, 0.25) is 0 Å². The van der Waals surface area contributed by atoms with E-state index in [0.717, 1.165) is 18.9 Å². The smallest absolute Gasteiger partial charge is 0.352 e. The lowest BCUT2D eigenvalue weighted by atomic mass is 9.97. The Morgan fingerprint density at radius 1 is 1.50 bits per heavy atom. The quantitative estimate of drug-likeness (QED) is 0.884. The lowest BCUT2D eigenvalue weighted by Crippen LogP contribution is -2.34. The van der Waals surface area contributed by atoms with Gasteiger partial charge < -0.3 is 14.4 Å². The highest BCUT2D eigenvalue weighted by molar-refractivity contribution is 5.85. The highest BCUT2D eigenvalue weighted by Crippen LogP contribution is 2.44. The highest BCUT2D eigenvalue weighted by Gasteiger charge is 2.40. The number of carboxylic acids is 1. The number of hydrogen-bond acceptors (Lipinski definition) is 3. The molecule has 1 heterocycles. The summed E-state index contributed by atoms with van der Waals surface area (Å²) in [7, 11) is 1.41. The number of rotatable bonds is 4. The molecule has 98 valence electrons. The van der Waals surface area contributed by atoms with Crippen molar-refractivity contribution in [3.8, 4) is 5.75 Å². The van der Waals surface area contributed by atoms with Gasteiger partial charge in [-0.15, -0.1) is 0 Å². The first kappa shape index (κ1) is 12.7. The van der Waals surface area contributed by atoms with Gasteiger partial charge in [0.05, 0.1) is 13.3 Å². The Morgan fingerprint density at radius 3 is 2.56 bits per heavy atom. The first-order valence-electron chi connectivity index (χ1n) is 5.92. The van der Waals surface area contributed by atoms with Gasteiger partial charge in [0, 0.05) is 11.6 Å². The van der Waals surface area contributed by atoms with Gasteiger partial charge in [0.1, 0.15) is 5.69 Å². The fourth-order valence-corrected chi connectivity index (χ4v) is 2.30. The molecule has 1 aromatic rings. The lowest BCUT2D eigenvalue weighted by molar-refractivity contribution is 0.0672. The molecule has 1 aromatic heterocycles. The minimum absolute atomic E-state index is 0.0118. The predicted molar refractivity (Wildman–Crippen MR) is 66.3 cm³/mol. The zero-order valence-electron chi connectivity index (χ0n) is 10.8. The van der Waals surface area contributed by atoms with Crippen LogP contribution in [-0.2, 0) is 5.54 Å². The number of ether oxygens (including phenoxy) is 1. The second kappa shape index (κ2) is 4.15. The van der Waals surface area contributed by atoms with Crippen molar-refractivity contribution in [1.29, 1.82) is 0 Å². The molecule has 1 N–H and O–H groups in total. The van der Waals surface area contributed by atoms with Gasteiger partial charge in [-0.2, -0.15) is 0 Å². The first-order valence-corrected chi connectivity index (χ1v) is 5.92. The van der Waals surface area contributed by atoms with Gasteiger partial charge in [-0.25, -0.2) is 4.79 Å². The van der Waals surface area contributed by atoms with E-state index in [1.165, 1.54) is 13.3 Å². The van der Waals surface area contributed by atoms with E-state index in [1.807, 2.05) is 13.8 Å². The summed E-state index contributed by atoms with van der Waals surface area (Å²) in [6, 6.07) is 1.13. The Bertz CT molecular complexity index is 540. The fourth-order valence-electron chi connectivity index (χ4n) is 2.30. The predicted octanol–water partition coefficient (Wildman–Crippen LogP) is 1.70. The number of methoxy groups -OCH3 is 1. The second-order valence-electron chi connectivity index (χ2n) is 5.19. The number of carboxylic acid groups (broad SMARTS) is 1. The van der Waals surface area contributed by atoms with E-state index in [2.05, 4.69) is 0 Å². The van der Waals surface area contributed by atoms with Crippen molar-refractivity contribution in [3.05, 3.63) is 28.2 Å². The van der Waals surface area contributed by atoms with Gasteiger partial charge in [-0.05, 0) is 32.6 Å². The molecule has 5 nitrogen and oxygen atoms in total. The van der Waals surface area contributed by atoms with Crippen molar-refractivity contribution in [1.82, 2.24) is 4.57 Å².